The molecule has 0 fully saturated rings. The van der Waals surface area contributed by atoms with Crippen molar-refractivity contribution in [3.05, 3.63) is 237 Å². The van der Waals surface area contributed by atoms with Crippen molar-refractivity contribution in [1.82, 2.24) is 0 Å². The SMILES string of the molecule is c1ccc(-c2ccc(N(c3ccc(-c4ccccc4)cc3)c3ccc(-c4ccc5c(ccc6oc7ccc(-c8ccccc8)cc7c65)c4)c(-c4ccccc4)c3)cc2)cc1. The summed E-state index contributed by atoms with van der Waals surface area (Å²) in [7, 11) is 0. The van der Waals surface area contributed by atoms with Crippen molar-refractivity contribution >= 4 is 49.8 Å². The molecule has 0 saturated heterocycles. The number of fused-ring (bicyclic) bond motifs is 5. The molecule has 1 heterocycles. The average molecular weight is 766 g/mol. The molecule has 0 amide bonds. The molecule has 0 aliphatic heterocycles. The van der Waals surface area contributed by atoms with E-state index in [2.05, 4.69) is 241 Å². The number of rotatable bonds is 8. The highest BCUT2D eigenvalue weighted by atomic mass is 16.3. The van der Waals surface area contributed by atoms with Gasteiger partial charge in [0.2, 0.25) is 0 Å². The lowest BCUT2D eigenvalue weighted by Crippen LogP contribution is -2.10. The zero-order chi connectivity index (χ0) is 39.8. The van der Waals surface area contributed by atoms with Crippen molar-refractivity contribution in [2.45, 2.75) is 0 Å². The van der Waals surface area contributed by atoms with Crippen molar-refractivity contribution in [2.75, 3.05) is 4.90 Å². The molecule has 0 bridgehead atoms. The predicted molar refractivity (Wildman–Crippen MR) is 253 cm³/mol. The molecule has 10 aromatic carbocycles. The number of hydrogen-bond donors (Lipinski definition) is 0. The molecule has 2 nitrogen and oxygen atoms in total. The Hall–Kier alpha value is -7.94. The molecule has 0 aliphatic rings. The second kappa shape index (κ2) is 15.1. The highest BCUT2D eigenvalue weighted by Gasteiger charge is 2.18. The van der Waals surface area contributed by atoms with Crippen LogP contribution in [0.15, 0.2) is 241 Å². The summed E-state index contributed by atoms with van der Waals surface area (Å²) in [6, 6.07) is 84.9. The molecule has 0 radical (unpaired) electrons. The van der Waals surface area contributed by atoms with E-state index < -0.39 is 0 Å². The van der Waals surface area contributed by atoms with Crippen LogP contribution in [0, 0.1) is 0 Å². The maximum atomic E-state index is 6.41. The van der Waals surface area contributed by atoms with Crippen LogP contribution in [0.5, 0.6) is 0 Å². The summed E-state index contributed by atoms with van der Waals surface area (Å²) in [5.74, 6) is 0. The van der Waals surface area contributed by atoms with Gasteiger partial charge in [0.05, 0.1) is 0 Å². The first-order valence-corrected chi connectivity index (χ1v) is 20.5. The lowest BCUT2D eigenvalue weighted by molar-refractivity contribution is 0.669. The third-order valence-electron chi connectivity index (χ3n) is 11.7. The topological polar surface area (TPSA) is 16.4 Å². The molecule has 11 aromatic rings. The smallest absolute Gasteiger partial charge is 0.136 e. The zero-order valence-electron chi connectivity index (χ0n) is 32.9. The Morgan fingerprint density at radius 1 is 0.267 bits per heavy atom. The van der Waals surface area contributed by atoms with E-state index in [1.165, 1.54) is 55.3 Å². The number of anilines is 3. The lowest BCUT2D eigenvalue weighted by Gasteiger charge is -2.27. The van der Waals surface area contributed by atoms with Crippen LogP contribution in [0.25, 0.3) is 88.3 Å². The monoisotopic (exact) mass is 765 g/mol. The fraction of sp³-hybridized carbons (Fsp3) is 0. The van der Waals surface area contributed by atoms with Gasteiger partial charge in [-0.3, -0.25) is 0 Å². The quantitative estimate of drug-likeness (QED) is 0.153. The first kappa shape index (κ1) is 35.2. The Bertz CT molecular complexity index is 3180. The van der Waals surface area contributed by atoms with Gasteiger partial charge >= 0.3 is 0 Å². The standard InChI is InChI=1S/C58H39NO/c1-5-13-40(14-6-1)43-21-28-49(29-22-43)59(50-30-23-44(24-31-50)41-15-7-2-8-16-41)51-32-34-52(54(39-51)45-19-11-4-12-20-45)47-25-33-53-48(37-47)27-36-57-58(53)55-38-46(26-35-56(55)60-57)42-17-9-3-10-18-42/h1-39H. The summed E-state index contributed by atoms with van der Waals surface area (Å²) in [5.41, 5.74) is 16.9. The van der Waals surface area contributed by atoms with Crippen molar-refractivity contribution in [2.24, 2.45) is 0 Å². The van der Waals surface area contributed by atoms with E-state index in [9.17, 15) is 0 Å². The van der Waals surface area contributed by atoms with Crippen LogP contribution in [0.4, 0.5) is 17.1 Å². The van der Waals surface area contributed by atoms with Crippen LogP contribution in [0.1, 0.15) is 0 Å². The highest BCUT2D eigenvalue weighted by Crippen LogP contribution is 2.43. The molecule has 282 valence electrons. The van der Waals surface area contributed by atoms with Gasteiger partial charge in [-0.1, -0.05) is 176 Å². The number of furan rings is 1. The maximum Gasteiger partial charge on any atom is 0.136 e. The number of nitrogens with zero attached hydrogens (tertiary/aromatic N) is 1. The predicted octanol–water partition coefficient (Wildman–Crippen LogP) is 16.5. The minimum absolute atomic E-state index is 0.900. The molecular formula is C58H39NO. The first-order chi connectivity index (χ1) is 29.7. The molecule has 11 rings (SSSR count). The van der Waals surface area contributed by atoms with Gasteiger partial charge in [-0.25, -0.2) is 0 Å². The van der Waals surface area contributed by atoms with Gasteiger partial charge in [-0.15, -0.1) is 0 Å². The van der Waals surface area contributed by atoms with E-state index in [1.54, 1.807) is 0 Å². The lowest BCUT2D eigenvalue weighted by atomic mass is 9.91. The largest absolute Gasteiger partial charge is 0.456 e. The van der Waals surface area contributed by atoms with E-state index in [0.29, 0.717) is 0 Å². The Labute approximate surface area is 349 Å². The second-order valence-electron chi connectivity index (χ2n) is 15.3. The Balaban J connectivity index is 1.04. The summed E-state index contributed by atoms with van der Waals surface area (Å²) in [4.78, 5) is 2.37. The zero-order valence-corrected chi connectivity index (χ0v) is 32.9. The van der Waals surface area contributed by atoms with Gasteiger partial charge < -0.3 is 9.32 Å². The third-order valence-corrected chi connectivity index (χ3v) is 11.7. The Morgan fingerprint density at radius 2 is 0.733 bits per heavy atom. The first-order valence-electron chi connectivity index (χ1n) is 20.5. The van der Waals surface area contributed by atoms with Gasteiger partial charge in [-0.2, -0.15) is 0 Å². The van der Waals surface area contributed by atoms with Gasteiger partial charge in [-0.05, 0) is 127 Å². The normalized spacial score (nSPS) is 11.3. The highest BCUT2D eigenvalue weighted by molar-refractivity contribution is 6.19. The van der Waals surface area contributed by atoms with Crippen LogP contribution in [-0.4, -0.2) is 0 Å². The molecule has 0 unspecified atom stereocenters. The van der Waals surface area contributed by atoms with Crippen molar-refractivity contribution in [3.63, 3.8) is 0 Å². The fourth-order valence-electron chi connectivity index (χ4n) is 8.68. The second-order valence-corrected chi connectivity index (χ2v) is 15.3. The third kappa shape index (κ3) is 6.51. The molecule has 0 spiro atoms. The molecule has 0 atom stereocenters. The van der Waals surface area contributed by atoms with E-state index in [-0.39, 0.29) is 0 Å². The van der Waals surface area contributed by atoms with Crippen LogP contribution in [0.3, 0.4) is 0 Å². The number of hydrogen-bond acceptors (Lipinski definition) is 2. The molecule has 0 saturated carbocycles. The molecule has 60 heavy (non-hydrogen) atoms. The minimum Gasteiger partial charge on any atom is -0.456 e. The minimum atomic E-state index is 0.900. The Morgan fingerprint density at radius 3 is 1.32 bits per heavy atom. The molecule has 0 N–H and O–H groups in total. The van der Waals surface area contributed by atoms with Gasteiger partial charge in [0.15, 0.2) is 0 Å². The summed E-state index contributed by atoms with van der Waals surface area (Å²) in [6.07, 6.45) is 0. The van der Waals surface area contributed by atoms with Gasteiger partial charge in [0.1, 0.15) is 11.2 Å². The van der Waals surface area contributed by atoms with Crippen molar-refractivity contribution in [3.8, 4) is 55.6 Å². The van der Waals surface area contributed by atoms with Crippen LogP contribution in [-0.2, 0) is 0 Å². The van der Waals surface area contributed by atoms with Crippen molar-refractivity contribution < 1.29 is 4.42 Å². The average Bonchev–Trinajstić information content (AvgIpc) is 3.72. The summed E-state index contributed by atoms with van der Waals surface area (Å²) < 4.78 is 6.41. The fourth-order valence-corrected chi connectivity index (χ4v) is 8.68. The maximum absolute atomic E-state index is 6.41. The van der Waals surface area contributed by atoms with Crippen LogP contribution in [0.2, 0.25) is 0 Å². The van der Waals surface area contributed by atoms with Gasteiger partial charge in [0, 0.05) is 27.8 Å². The van der Waals surface area contributed by atoms with E-state index in [0.717, 1.165) is 50.1 Å². The summed E-state index contributed by atoms with van der Waals surface area (Å²) in [6.45, 7) is 0. The molecule has 0 aliphatic carbocycles. The molecular weight excluding hydrogens is 727 g/mol. The number of benzene rings is 10. The van der Waals surface area contributed by atoms with Crippen molar-refractivity contribution in [1.29, 1.82) is 0 Å². The van der Waals surface area contributed by atoms with E-state index in [1.807, 2.05) is 0 Å². The van der Waals surface area contributed by atoms with E-state index in [4.69, 9.17) is 4.42 Å². The van der Waals surface area contributed by atoms with Crippen LogP contribution >= 0.6 is 0 Å². The Kier molecular flexibility index (Phi) is 8.87. The summed E-state index contributed by atoms with van der Waals surface area (Å²) >= 11 is 0. The van der Waals surface area contributed by atoms with Gasteiger partial charge in [0.25, 0.3) is 0 Å². The van der Waals surface area contributed by atoms with Crippen LogP contribution < -0.4 is 4.90 Å². The molecule has 2 heteroatoms. The summed E-state index contributed by atoms with van der Waals surface area (Å²) in [5, 5.41) is 4.64. The van der Waals surface area contributed by atoms with E-state index >= 15 is 0 Å². The molecule has 1 aromatic heterocycles.